The maximum atomic E-state index is 5.80. The van der Waals surface area contributed by atoms with E-state index in [9.17, 15) is 0 Å². The standard InChI is InChI=1S/C17H16N2O/c18-11-13-3-5-14(6-4-13)12-20-16-8-7-15-2-1-9-19-17(15)10-16/h1-10H,11-12,18H2. The van der Waals surface area contributed by atoms with Crippen molar-refractivity contribution >= 4 is 10.9 Å². The molecule has 0 aliphatic rings. The molecule has 0 saturated carbocycles. The van der Waals surface area contributed by atoms with Gasteiger partial charge in [0.1, 0.15) is 12.4 Å². The zero-order valence-electron chi connectivity index (χ0n) is 11.1. The van der Waals surface area contributed by atoms with Gasteiger partial charge in [0.2, 0.25) is 0 Å². The van der Waals surface area contributed by atoms with E-state index in [1.54, 1.807) is 6.20 Å². The SMILES string of the molecule is NCc1ccc(COc2ccc3cccnc3c2)cc1. The first kappa shape index (κ1) is 12.6. The Labute approximate surface area is 118 Å². The van der Waals surface area contributed by atoms with Crippen molar-refractivity contribution in [2.75, 3.05) is 0 Å². The van der Waals surface area contributed by atoms with E-state index in [0.717, 1.165) is 27.8 Å². The highest BCUT2D eigenvalue weighted by atomic mass is 16.5. The second-order valence-electron chi connectivity index (χ2n) is 4.67. The van der Waals surface area contributed by atoms with Crippen LogP contribution < -0.4 is 10.5 Å². The number of hydrogen-bond donors (Lipinski definition) is 1. The highest BCUT2D eigenvalue weighted by Crippen LogP contribution is 2.19. The Morgan fingerprint density at radius 3 is 2.55 bits per heavy atom. The zero-order chi connectivity index (χ0) is 13.8. The van der Waals surface area contributed by atoms with Gasteiger partial charge in [-0.2, -0.15) is 0 Å². The zero-order valence-corrected chi connectivity index (χ0v) is 11.1. The van der Waals surface area contributed by atoms with Crippen LogP contribution in [0.5, 0.6) is 5.75 Å². The van der Waals surface area contributed by atoms with Gasteiger partial charge in [-0.05, 0) is 29.3 Å². The number of fused-ring (bicyclic) bond motifs is 1. The van der Waals surface area contributed by atoms with Crippen LogP contribution in [0.25, 0.3) is 10.9 Å². The van der Waals surface area contributed by atoms with Crippen LogP contribution in [0.2, 0.25) is 0 Å². The first-order valence-corrected chi connectivity index (χ1v) is 6.60. The molecular formula is C17H16N2O. The minimum atomic E-state index is 0.545. The van der Waals surface area contributed by atoms with Crippen LogP contribution in [0.3, 0.4) is 0 Å². The summed E-state index contributed by atoms with van der Waals surface area (Å²) in [7, 11) is 0. The van der Waals surface area contributed by atoms with Gasteiger partial charge in [0.15, 0.2) is 0 Å². The summed E-state index contributed by atoms with van der Waals surface area (Å²) in [6.07, 6.45) is 1.79. The van der Waals surface area contributed by atoms with Crippen molar-refractivity contribution in [3.63, 3.8) is 0 Å². The van der Waals surface area contributed by atoms with Gasteiger partial charge in [0.25, 0.3) is 0 Å². The maximum Gasteiger partial charge on any atom is 0.122 e. The summed E-state index contributed by atoms with van der Waals surface area (Å²) in [4.78, 5) is 4.33. The highest BCUT2D eigenvalue weighted by molar-refractivity contribution is 5.79. The van der Waals surface area contributed by atoms with E-state index in [4.69, 9.17) is 10.5 Å². The van der Waals surface area contributed by atoms with E-state index < -0.39 is 0 Å². The highest BCUT2D eigenvalue weighted by Gasteiger charge is 1.99. The molecule has 0 spiro atoms. The van der Waals surface area contributed by atoms with Crippen LogP contribution >= 0.6 is 0 Å². The monoisotopic (exact) mass is 264 g/mol. The van der Waals surface area contributed by atoms with Crippen LogP contribution in [0.15, 0.2) is 60.8 Å². The fourth-order valence-electron chi connectivity index (χ4n) is 2.07. The first-order valence-electron chi connectivity index (χ1n) is 6.60. The molecule has 2 N–H and O–H groups in total. The van der Waals surface area contributed by atoms with Crippen LogP contribution in [-0.4, -0.2) is 4.98 Å². The molecule has 3 heteroatoms. The summed E-state index contributed by atoms with van der Waals surface area (Å²) in [5, 5.41) is 1.12. The van der Waals surface area contributed by atoms with Crippen molar-refractivity contribution < 1.29 is 4.74 Å². The summed E-state index contributed by atoms with van der Waals surface area (Å²) in [6, 6.07) is 18.1. The Bertz CT molecular complexity index is 708. The third-order valence-corrected chi connectivity index (χ3v) is 3.24. The Kier molecular flexibility index (Phi) is 3.61. The van der Waals surface area contributed by atoms with Crippen LogP contribution in [0.4, 0.5) is 0 Å². The predicted octanol–water partition coefficient (Wildman–Crippen LogP) is 3.27. The van der Waals surface area contributed by atoms with Crippen molar-refractivity contribution in [2.45, 2.75) is 13.2 Å². The molecule has 0 radical (unpaired) electrons. The van der Waals surface area contributed by atoms with E-state index in [1.807, 2.05) is 54.6 Å². The lowest BCUT2D eigenvalue weighted by Crippen LogP contribution is -1.98. The first-order chi connectivity index (χ1) is 9.85. The molecule has 0 fully saturated rings. The van der Waals surface area contributed by atoms with Crippen LogP contribution in [-0.2, 0) is 13.2 Å². The Morgan fingerprint density at radius 1 is 0.950 bits per heavy atom. The van der Waals surface area contributed by atoms with Gasteiger partial charge >= 0.3 is 0 Å². The number of rotatable bonds is 4. The third-order valence-electron chi connectivity index (χ3n) is 3.24. The van der Waals surface area contributed by atoms with Crippen molar-refractivity contribution in [1.82, 2.24) is 4.98 Å². The number of aromatic nitrogens is 1. The number of nitrogens with two attached hydrogens (primary N) is 1. The molecule has 0 saturated heterocycles. The number of hydrogen-bond acceptors (Lipinski definition) is 3. The molecule has 100 valence electrons. The van der Waals surface area contributed by atoms with E-state index in [0.29, 0.717) is 13.2 Å². The van der Waals surface area contributed by atoms with Gasteiger partial charge in [-0.1, -0.05) is 30.3 Å². The third kappa shape index (κ3) is 2.78. The lowest BCUT2D eigenvalue weighted by Gasteiger charge is -2.07. The van der Waals surface area contributed by atoms with E-state index in [1.165, 1.54) is 0 Å². The summed E-state index contributed by atoms with van der Waals surface area (Å²) in [5.41, 5.74) is 8.78. The van der Waals surface area contributed by atoms with Gasteiger partial charge in [-0.25, -0.2) is 0 Å². The summed E-state index contributed by atoms with van der Waals surface area (Å²) >= 11 is 0. The van der Waals surface area contributed by atoms with E-state index >= 15 is 0 Å². The minimum Gasteiger partial charge on any atom is -0.489 e. The van der Waals surface area contributed by atoms with Gasteiger partial charge in [0.05, 0.1) is 5.52 Å². The molecule has 0 aliphatic heterocycles. The Morgan fingerprint density at radius 2 is 1.75 bits per heavy atom. The number of pyridine rings is 1. The van der Waals surface area contributed by atoms with Crippen molar-refractivity contribution in [3.8, 4) is 5.75 Å². The summed E-state index contributed by atoms with van der Waals surface area (Å²) in [6.45, 7) is 1.11. The molecule has 20 heavy (non-hydrogen) atoms. The van der Waals surface area contributed by atoms with Crippen molar-refractivity contribution in [2.24, 2.45) is 5.73 Å². The molecular weight excluding hydrogens is 248 g/mol. The second kappa shape index (κ2) is 5.72. The Balaban J connectivity index is 1.72. The van der Waals surface area contributed by atoms with Gasteiger partial charge in [-0.15, -0.1) is 0 Å². The van der Waals surface area contributed by atoms with Gasteiger partial charge in [0, 0.05) is 24.2 Å². The molecule has 3 aromatic rings. The number of nitrogens with zero attached hydrogens (tertiary/aromatic N) is 1. The van der Waals surface area contributed by atoms with E-state index in [2.05, 4.69) is 4.98 Å². The van der Waals surface area contributed by atoms with Gasteiger partial charge in [-0.3, -0.25) is 4.98 Å². The number of benzene rings is 2. The summed E-state index contributed by atoms with van der Waals surface area (Å²) < 4.78 is 5.80. The summed E-state index contributed by atoms with van der Waals surface area (Å²) in [5.74, 6) is 0.833. The fourth-order valence-corrected chi connectivity index (χ4v) is 2.07. The predicted molar refractivity (Wildman–Crippen MR) is 80.4 cm³/mol. The molecule has 3 rings (SSSR count). The second-order valence-corrected chi connectivity index (χ2v) is 4.67. The average molecular weight is 264 g/mol. The van der Waals surface area contributed by atoms with Crippen LogP contribution in [0.1, 0.15) is 11.1 Å². The molecule has 0 unspecified atom stereocenters. The van der Waals surface area contributed by atoms with Crippen molar-refractivity contribution in [3.05, 3.63) is 71.9 Å². The normalized spacial score (nSPS) is 10.7. The average Bonchev–Trinajstić information content (AvgIpc) is 2.53. The van der Waals surface area contributed by atoms with Gasteiger partial charge < -0.3 is 10.5 Å². The topological polar surface area (TPSA) is 48.1 Å². The molecule has 1 heterocycles. The molecule has 1 aromatic heterocycles. The lowest BCUT2D eigenvalue weighted by atomic mass is 10.1. The molecule has 2 aromatic carbocycles. The lowest BCUT2D eigenvalue weighted by molar-refractivity contribution is 0.306. The fraction of sp³-hybridized carbons (Fsp3) is 0.118. The number of ether oxygens (including phenoxy) is 1. The molecule has 0 bridgehead atoms. The molecule has 0 aliphatic carbocycles. The Hall–Kier alpha value is -2.39. The van der Waals surface area contributed by atoms with Crippen LogP contribution in [0, 0.1) is 0 Å². The maximum absolute atomic E-state index is 5.80. The quantitative estimate of drug-likeness (QED) is 0.786. The molecule has 0 amide bonds. The molecule has 3 nitrogen and oxygen atoms in total. The van der Waals surface area contributed by atoms with E-state index in [-0.39, 0.29) is 0 Å². The van der Waals surface area contributed by atoms with Crippen molar-refractivity contribution in [1.29, 1.82) is 0 Å². The molecule has 0 atom stereocenters. The smallest absolute Gasteiger partial charge is 0.122 e. The minimum absolute atomic E-state index is 0.545. The largest absolute Gasteiger partial charge is 0.489 e.